The van der Waals surface area contributed by atoms with E-state index in [1.54, 1.807) is 16.4 Å². The van der Waals surface area contributed by atoms with E-state index in [1.807, 2.05) is 26.0 Å². The number of hydrogen-bond donors (Lipinski definition) is 0. The minimum absolute atomic E-state index is 0.257. The van der Waals surface area contributed by atoms with Gasteiger partial charge < -0.3 is 9.64 Å². The summed E-state index contributed by atoms with van der Waals surface area (Å²) in [5, 5.41) is 0. The summed E-state index contributed by atoms with van der Waals surface area (Å²) < 4.78 is 33.2. The van der Waals surface area contributed by atoms with Gasteiger partial charge in [0.25, 0.3) is 0 Å². The fourth-order valence-corrected chi connectivity index (χ4v) is 5.00. The molecule has 1 fully saturated rings. The van der Waals surface area contributed by atoms with Gasteiger partial charge in [-0.15, -0.1) is 0 Å². The van der Waals surface area contributed by atoms with Crippen LogP contribution in [0.2, 0.25) is 0 Å². The fourth-order valence-electron chi connectivity index (χ4n) is 3.35. The highest BCUT2D eigenvalue weighted by Crippen LogP contribution is 2.31. The Morgan fingerprint density at radius 2 is 1.50 bits per heavy atom. The van der Waals surface area contributed by atoms with E-state index < -0.39 is 10.0 Å². The molecule has 2 aromatic carbocycles. The lowest BCUT2D eigenvalue weighted by Gasteiger charge is -2.36. The number of methoxy groups -OCH3 is 1. The lowest BCUT2D eigenvalue weighted by atomic mass is 10.1. The Hall–Kier alpha value is -2.05. The third-order valence-corrected chi connectivity index (χ3v) is 7.01. The van der Waals surface area contributed by atoms with Crippen LogP contribution in [0.1, 0.15) is 16.7 Å². The van der Waals surface area contributed by atoms with E-state index in [-0.39, 0.29) is 4.90 Å². The Bertz CT molecular complexity index is 901. The first-order valence-corrected chi connectivity index (χ1v) is 10.2. The van der Waals surface area contributed by atoms with E-state index in [9.17, 15) is 8.42 Å². The predicted octanol–water partition coefficient (Wildman–Crippen LogP) is 3.13. The van der Waals surface area contributed by atoms with Gasteiger partial charge in [0.15, 0.2) is 0 Å². The van der Waals surface area contributed by atoms with Gasteiger partial charge in [-0.1, -0.05) is 18.2 Å². The molecule has 26 heavy (non-hydrogen) atoms. The number of ether oxygens (including phenoxy) is 1. The maximum Gasteiger partial charge on any atom is 0.246 e. The van der Waals surface area contributed by atoms with Crippen LogP contribution in [0, 0.1) is 20.8 Å². The molecule has 0 amide bonds. The van der Waals surface area contributed by atoms with Gasteiger partial charge in [-0.2, -0.15) is 4.31 Å². The molecule has 0 aromatic heterocycles. The highest BCUT2D eigenvalue weighted by atomic mass is 32.2. The van der Waals surface area contributed by atoms with Crippen molar-refractivity contribution in [3.8, 4) is 5.75 Å². The fraction of sp³-hybridized carbons (Fsp3) is 0.400. The number of piperazine rings is 1. The van der Waals surface area contributed by atoms with Crippen LogP contribution in [-0.2, 0) is 10.0 Å². The minimum atomic E-state index is -3.58. The van der Waals surface area contributed by atoms with Crippen molar-refractivity contribution in [2.75, 3.05) is 38.2 Å². The van der Waals surface area contributed by atoms with Gasteiger partial charge >= 0.3 is 0 Å². The van der Waals surface area contributed by atoms with Gasteiger partial charge in [-0.25, -0.2) is 8.42 Å². The van der Waals surface area contributed by atoms with E-state index in [4.69, 9.17) is 4.74 Å². The second-order valence-electron chi connectivity index (χ2n) is 6.76. The number of hydrogen-bond acceptors (Lipinski definition) is 4. The lowest BCUT2D eigenvalue weighted by molar-refractivity contribution is 0.374. The van der Waals surface area contributed by atoms with Crippen molar-refractivity contribution in [1.29, 1.82) is 0 Å². The first-order valence-electron chi connectivity index (χ1n) is 8.80. The second kappa shape index (κ2) is 7.29. The van der Waals surface area contributed by atoms with Crippen molar-refractivity contribution >= 4 is 15.7 Å². The molecule has 0 bridgehead atoms. The molecule has 0 saturated carbocycles. The molecule has 0 aliphatic carbocycles. The van der Waals surface area contributed by atoms with Crippen LogP contribution in [0.25, 0.3) is 0 Å². The lowest BCUT2D eigenvalue weighted by Crippen LogP contribution is -2.48. The summed E-state index contributed by atoms with van der Waals surface area (Å²) in [7, 11) is -2.06. The SMILES string of the molecule is COc1cc(C)c(C)cc1S(=O)(=O)N1CCN(c2ccccc2C)CC1. The highest BCUT2D eigenvalue weighted by molar-refractivity contribution is 7.89. The second-order valence-corrected chi connectivity index (χ2v) is 8.67. The standard InChI is InChI=1S/C20H26N2O3S/c1-15-7-5-6-8-18(15)21-9-11-22(12-10-21)26(23,24)20-14-17(3)16(2)13-19(20)25-4/h5-8,13-14H,9-12H2,1-4H3. The Balaban J connectivity index is 1.83. The van der Waals surface area contributed by atoms with Crippen LogP contribution in [0.5, 0.6) is 5.75 Å². The zero-order valence-electron chi connectivity index (χ0n) is 15.8. The van der Waals surface area contributed by atoms with Crippen molar-refractivity contribution in [2.24, 2.45) is 0 Å². The molecule has 5 nitrogen and oxygen atoms in total. The molecule has 0 N–H and O–H groups in total. The molecule has 1 aliphatic rings. The summed E-state index contributed by atoms with van der Waals surface area (Å²) in [6.45, 7) is 8.24. The summed E-state index contributed by atoms with van der Waals surface area (Å²) in [6.07, 6.45) is 0. The minimum Gasteiger partial charge on any atom is -0.495 e. The maximum atomic E-state index is 13.2. The molecule has 1 heterocycles. The average Bonchev–Trinajstić information content (AvgIpc) is 2.64. The van der Waals surface area contributed by atoms with Gasteiger partial charge in [0.1, 0.15) is 10.6 Å². The number of nitrogens with zero attached hydrogens (tertiary/aromatic N) is 2. The molecule has 0 spiro atoms. The van der Waals surface area contributed by atoms with Crippen LogP contribution in [0.4, 0.5) is 5.69 Å². The molecule has 0 radical (unpaired) electrons. The first kappa shape index (κ1) is 18.7. The summed E-state index contributed by atoms with van der Waals surface area (Å²) in [5.74, 6) is 0.412. The van der Waals surface area contributed by atoms with E-state index in [1.165, 1.54) is 18.4 Å². The summed E-state index contributed by atoms with van der Waals surface area (Å²) in [6, 6.07) is 11.7. The molecule has 0 unspecified atom stereocenters. The highest BCUT2D eigenvalue weighted by Gasteiger charge is 2.31. The van der Waals surface area contributed by atoms with E-state index >= 15 is 0 Å². The largest absolute Gasteiger partial charge is 0.495 e. The molecule has 3 rings (SSSR count). The number of para-hydroxylation sites is 1. The number of aryl methyl sites for hydroxylation is 3. The van der Waals surface area contributed by atoms with E-state index in [0.717, 1.165) is 11.1 Å². The zero-order valence-corrected chi connectivity index (χ0v) is 16.6. The molecule has 0 atom stereocenters. The molecule has 2 aromatic rings. The molecule has 140 valence electrons. The van der Waals surface area contributed by atoms with Crippen molar-refractivity contribution in [3.63, 3.8) is 0 Å². The van der Waals surface area contributed by atoms with Gasteiger partial charge in [-0.05, 0) is 55.7 Å². The number of benzene rings is 2. The number of anilines is 1. The summed E-state index contributed by atoms with van der Waals surface area (Å²) in [5.41, 5.74) is 4.35. The van der Waals surface area contributed by atoms with Gasteiger partial charge in [0, 0.05) is 31.9 Å². The van der Waals surface area contributed by atoms with Crippen LogP contribution in [-0.4, -0.2) is 46.0 Å². The quantitative estimate of drug-likeness (QED) is 0.825. The predicted molar refractivity (Wildman–Crippen MR) is 105 cm³/mol. The molecule has 1 aliphatic heterocycles. The molecular weight excluding hydrogens is 348 g/mol. The van der Waals surface area contributed by atoms with Crippen molar-refractivity contribution in [1.82, 2.24) is 4.31 Å². The Morgan fingerprint density at radius 1 is 0.885 bits per heavy atom. The number of rotatable bonds is 4. The third-order valence-electron chi connectivity index (χ3n) is 5.09. The average molecular weight is 375 g/mol. The van der Waals surface area contributed by atoms with Gasteiger partial charge in [0.2, 0.25) is 10.0 Å². The van der Waals surface area contributed by atoms with E-state index in [2.05, 4.69) is 24.0 Å². The van der Waals surface area contributed by atoms with E-state index in [0.29, 0.717) is 31.9 Å². The molecular formula is C20H26N2O3S. The van der Waals surface area contributed by atoms with Crippen molar-refractivity contribution in [2.45, 2.75) is 25.7 Å². The van der Waals surface area contributed by atoms with Gasteiger partial charge in [-0.3, -0.25) is 0 Å². The monoisotopic (exact) mass is 374 g/mol. The Morgan fingerprint density at radius 3 is 2.12 bits per heavy atom. The first-order chi connectivity index (χ1) is 12.3. The maximum absolute atomic E-state index is 13.2. The zero-order chi connectivity index (χ0) is 18.9. The third kappa shape index (κ3) is 3.44. The van der Waals surface area contributed by atoms with Crippen LogP contribution < -0.4 is 9.64 Å². The molecule has 6 heteroatoms. The van der Waals surface area contributed by atoms with Gasteiger partial charge in [0.05, 0.1) is 7.11 Å². The summed E-state index contributed by atoms with van der Waals surface area (Å²) in [4.78, 5) is 2.51. The Labute approximate surface area is 156 Å². The Kier molecular flexibility index (Phi) is 5.25. The summed E-state index contributed by atoms with van der Waals surface area (Å²) >= 11 is 0. The normalized spacial score (nSPS) is 15.9. The van der Waals surface area contributed by atoms with Crippen LogP contribution in [0.15, 0.2) is 41.3 Å². The van der Waals surface area contributed by atoms with Crippen LogP contribution >= 0.6 is 0 Å². The topological polar surface area (TPSA) is 49.9 Å². The van der Waals surface area contributed by atoms with Crippen LogP contribution in [0.3, 0.4) is 0 Å². The molecule has 1 saturated heterocycles. The van der Waals surface area contributed by atoms with Crippen molar-refractivity contribution in [3.05, 3.63) is 53.1 Å². The van der Waals surface area contributed by atoms with Crippen molar-refractivity contribution < 1.29 is 13.2 Å². The number of sulfonamides is 1. The smallest absolute Gasteiger partial charge is 0.246 e.